The fourth-order valence-corrected chi connectivity index (χ4v) is 6.11. The van der Waals surface area contributed by atoms with Gasteiger partial charge in [0, 0.05) is 31.0 Å². The van der Waals surface area contributed by atoms with E-state index in [0.29, 0.717) is 23.4 Å². The van der Waals surface area contributed by atoms with Gasteiger partial charge in [-0.25, -0.2) is 9.97 Å². The van der Waals surface area contributed by atoms with E-state index < -0.39 is 0 Å². The average molecular weight is 461 g/mol. The van der Waals surface area contributed by atoms with E-state index in [1.807, 2.05) is 12.4 Å². The molecule has 2 aromatic heterocycles. The van der Waals surface area contributed by atoms with Gasteiger partial charge in [0.2, 0.25) is 0 Å². The molecule has 1 aliphatic carbocycles. The van der Waals surface area contributed by atoms with Gasteiger partial charge in [-0.2, -0.15) is 0 Å². The molecule has 1 unspecified atom stereocenters. The third kappa shape index (κ3) is 3.62. The number of nitrogens with zero attached hydrogens (tertiary/aromatic N) is 4. The van der Waals surface area contributed by atoms with Crippen molar-refractivity contribution in [2.75, 3.05) is 36.1 Å². The SMILES string of the molecule is C=C1CC2COc3c(C(C)C)ccnc3N2C1.CCc1ccnc2c1OC[C@H]1CC3(CC3)CN21. The van der Waals surface area contributed by atoms with Crippen LogP contribution in [-0.2, 0) is 6.42 Å². The highest BCUT2D eigenvalue weighted by molar-refractivity contribution is 5.62. The van der Waals surface area contributed by atoms with E-state index >= 15 is 0 Å². The second kappa shape index (κ2) is 8.17. The highest BCUT2D eigenvalue weighted by Crippen LogP contribution is 2.57. The summed E-state index contributed by atoms with van der Waals surface area (Å²) in [7, 11) is 0. The van der Waals surface area contributed by atoms with Gasteiger partial charge in [-0.1, -0.05) is 32.9 Å². The molecule has 2 saturated heterocycles. The first-order chi connectivity index (χ1) is 16.5. The lowest BCUT2D eigenvalue weighted by Gasteiger charge is -2.33. The van der Waals surface area contributed by atoms with E-state index in [9.17, 15) is 0 Å². The van der Waals surface area contributed by atoms with Gasteiger partial charge in [-0.3, -0.25) is 0 Å². The van der Waals surface area contributed by atoms with Gasteiger partial charge in [-0.15, -0.1) is 0 Å². The van der Waals surface area contributed by atoms with E-state index in [4.69, 9.17) is 9.47 Å². The van der Waals surface area contributed by atoms with E-state index in [-0.39, 0.29) is 0 Å². The van der Waals surface area contributed by atoms with E-state index in [1.165, 1.54) is 42.5 Å². The zero-order chi connectivity index (χ0) is 23.4. The summed E-state index contributed by atoms with van der Waals surface area (Å²) < 4.78 is 11.9. The Kier molecular flexibility index (Phi) is 5.23. The van der Waals surface area contributed by atoms with Crippen LogP contribution in [0.1, 0.15) is 63.5 Å². The highest BCUT2D eigenvalue weighted by atomic mass is 16.5. The molecule has 6 heteroatoms. The predicted molar refractivity (Wildman–Crippen MR) is 135 cm³/mol. The van der Waals surface area contributed by atoms with Crippen molar-refractivity contribution in [3.05, 3.63) is 47.8 Å². The summed E-state index contributed by atoms with van der Waals surface area (Å²) >= 11 is 0. The number of aryl methyl sites for hydroxylation is 1. The minimum absolute atomic E-state index is 0.435. The van der Waals surface area contributed by atoms with Crippen LogP contribution in [0, 0.1) is 5.41 Å². The number of fused-ring (bicyclic) bond motifs is 6. The van der Waals surface area contributed by atoms with Crippen LogP contribution >= 0.6 is 0 Å². The summed E-state index contributed by atoms with van der Waals surface area (Å²) in [6.45, 7) is 14.4. The van der Waals surface area contributed by atoms with Crippen LogP contribution in [-0.4, -0.2) is 48.4 Å². The van der Waals surface area contributed by atoms with Crippen LogP contribution in [0.4, 0.5) is 11.6 Å². The van der Waals surface area contributed by atoms with Gasteiger partial charge in [0.05, 0.1) is 12.1 Å². The molecule has 34 heavy (non-hydrogen) atoms. The van der Waals surface area contributed by atoms with E-state index in [1.54, 1.807) is 0 Å². The summed E-state index contributed by atoms with van der Waals surface area (Å²) in [6, 6.07) is 5.16. The zero-order valence-electron chi connectivity index (χ0n) is 20.7. The summed E-state index contributed by atoms with van der Waals surface area (Å²) in [5, 5.41) is 0. The molecule has 3 fully saturated rings. The van der Waals surface area contributed by atoms with Crippen molar-refractivity contribution < 1.29 is 9.47 Å². The minimum Gasteiger partial charge on any atom is -0.487 e. The summed E-state index contributed by atoms with van der Waals surface area (Å²) in [6.07, 6.45) is 10.00. The van der Waals surface area contributed by atoms with Crippen molar-refractivity contribution in [1.29, 1.82) is 0 Å². The molecule has 4 aliphatic heterocycles. The number of aromatic nitrogens is 2. The quantitative estimate of drug-likeness (QED) is 0.580. The molecule has 7 rings (SSSR count). The molecule has 180 valence electrons. The first-order valence-corrected chi connectivity index (χ1v) is 12.9. The van der Waals surface area contributed by atoms with Crippen molar-refractivity contribution in [2.45, 2.75) is 70.9 Å². The standard InChI is InChI=1S/2C14H18N2O/c1-2-10-3-6-15-13-12(10)17-8-11-7-14(4-5-14)9-16(11)13;1-9(2)12-4-5-15-14-13(12)17-8-11-6-10(3)7-16(11)14/h3,6,11H,2,4-5,7-9H2,1H3;4-5,9,11H,3,6-8H2,1-2H3/t11-;/m1./s1. The lowest BCUT2D eigenvalue weighted by atomic mass is 10.0. The molecule has 2 aromatic rings. The second-order valence-electron chi connectivity index (χ2n) is 11.0. The predicted octanol–water partition coefficient (Wildman–Crippen LogP) is 5.13. The van der Waals surface area contributed by atoms with Gasteiger partial charge in [0.1, 0.15) is 13.2 Å². The smallest absolute Gasteiger partial charge is 0.172 e. The first-order valence-electron chi connectivity index (χ1n) is 12.9. The van der Waals surface area contributed by atoms with Crippen LogP contribution in [0.5, 0.6) is 11.5 Å². The Balaban J connectivity index is 0.000000128. The van der Waals surface area contributed by atoms with Gasteiger partial charge in [0.25, 0.3) is 0 Å². The Hall–Kier alpha value is -2.76. The van der Waals surface area contributed by atoms with Crippen LogP contribution in [0.2, 0.25) is 0 Å². The molecule has 0 amide bonds. The zero-order valence-corrected chi connectivity index (χ0v) is 20.7. The van der Waals surface area contributed by atoms with Gasteiger partial charge in [0.15, 0.2) is 23.1 Å². The Morgan fingerprint density at radius 3 is 2.47 bits per heavy atom. The monoisotopic (exact) mass is 460 g/mol. The molecule has 1 spiro atoms. The fraction of sp³-hybridized carbons (Fsp3) is 0.571. The van der Waals surface area contributed by atoms with E-state index in [0.717, 1.165) is 55.7 Å². The highest BCUT2D eigenvalue weighted by Gasteiger charge is 2.54. The first kappa shape index (κ1) is 21.8. The van der Waals surface area contributed by atoms with Crippen LogP contribution in [0.15, 0.2) is 36.7 Å². The largest absolute Gasteiger partial charge is 0.487 e. The van der Waals surface area contributed by atoms with Crippen LogP contribution in [0.3, 0.4) is 0 Å². The second-order valence-corrected chi connectivity index (χ2v) is 11.0. The lowest BCUT2D eigenvalue weighted by Crippen LogP contribution is -2.39. The van der Waals surface area contributed by atoms with Crippen molar-refractivity contribution in [3.63, 3.8) is 0 Å². The number of ether oxygens (including phenoxy) is 2. The third-order valence-electron chi connectivity index (χ3n) is 8.20. The normalized spacial score (nSPS) is 25.0. The van der Waals surface area contributed by atoms with Gasteiger partial charge >= 0.3 is 0 Å². The van der Waals surface area contributed by atoms with Crippen LogP contribution < -0.4 is 19.3 Å². The summed E-state index contributed by atoms with van der Waals surface area (Å²) in [5.41, 5.74) is 4.46. The molecule has 2 atom stereocenters. The maximum absolute atomic E-state index is 5.98. The molecule has 1 saturated carbocycles. The Bertz CT molecular complexity index is 1110. The third-order valence-corrected chi connectivity index (χ3v) is 8.20. The van der Waals surface area contributed by atoms with Crippen molar-refractivity contribution in [3.8, 4) is 11.5 Å². The fourth-order valence-electron chi connectivity index (χ4n) is 6.11. The van der Waals surface area contributed by atoms with Crippen molar-refractivity contribution in [1.82, 2.24) is 9.97 Å². The van der Waals surface area contributed by atoms with Crippen molar-refractivity contribution in [2.24, 2.45) is 5.41 Å². The Morgan fingerprint density at radius 1 is 1.03 bits per heavy atom. The van der Waals surface area contributed by atoms with Crippen LogP contribution in [0.25, 0.3) is 0 Å². The number of hydrogen-bond donors (Lipinski definition) is 0. The lowest BCUT2D eigenvalue weighted by molar-refractivity contribution is 0.264. The molecule has 0 aromatic carbocycles. The molecule has 5 aliphatic rings. The molecule has 6 heterocycles. The topological polar surface area (TPSA) is 50.7 Å². The van der Waals surface area contributed by atoms with Crippen molar-refractivity contribution >= 4 is 11.6 Å². The Labute approximate surface area is 203 Å². The number of pyridine rings is 2. The Morgan fingerprint density at radius 2 is 1.74 bits per heavy atom. The maximum atomic E-state index is 5.98. The summed E-state index contributed by atoms with van der Waals surface area (Å²) in [5.74, 6) is 4.60. The minimum atomic E-state index is 0.435. The number of rotatable bonds is 2. The molecule has 0 radical (unpaired) electrons. The maximum Gasteiger partial charge on any atom is 0.172 e. The molecular formula is C28H36N4O2. The number of anilines is 2. The average Bonchev–Trinajstić information content (AvgIpc) is 3.30. The molecular weight excluding hydrogens is 424 g/mol. The molecule has 6 nitrogen and oxygen atoms in total. The molecule has 0 N–H and O–H groups in total. The van der Waals surface area contributed by atoms with E-state index in [2.05, 4.69) is 59.3 Å². The summed E-state index contributed by atoms with van der Waals surface area (Å²) in [4.78, 5) is 13.9. The van der Waals surface area contributed by atoms with Gasteiger partial charge < -0.3 is 19.3 Å². The van der Waals surface area contributed by atoms with Gasteiger partial charge in [-0.05, 0) is 61.1 Å². The molecule has 0 bridgehead atoms. The number of hydrogen-bond acceptors (Lipinski definition) is 6.